The highest BCUT2D eigenvalue weighted by Crippen LogP contribution is 2.20. The molecule has 0 spiro atoms. The van der Waals surface area contributed by atoms with Gasteiger partial charge >= 0.3 is 0 Å². The molecule has 1 fully saturated rings. The van der Waals surface area contributed by atoms with Gasteiger partial charge in [0.1, 0.15) is 0 Å². The summed E-state index contributed by atoms with van der Waals surface area (Å²) < 4.78 is 50.5. The number of anilines is 1. The number of aromatic amines is 1. The molecule has 0 unspecified atom stereocenters. The zero-order chi connectivity index (χ0) is 22.8. The number of H-pyrrole nitrogens is 1. The van der Waals surface area contributed by atoms with Crippen LogP contribution in [0.15, 0.2) is 59.6 Å². The van der Waals surface area contributed by atoms with E-state index < -0.39 is 25.9 Å². The van der Waals surface area contributed by atoms with E-state index in [0.717, 1.165) is 17.3 Å². The number of carbonyl (C=O) groups excluding carboxylic acids is 1. The highest BCUT2D eigenvalue weighted by Gasteiger charge is 2.31. The highest BCUT2D eigenvalue weighted by molar-refractivity contribution is 7.92. The van der Waals surface area contributed by atoms with E-state index in [9.17, 15) is 21.6 Å². The first-order valence-corrected chi connectivity index (χ1v) is 13.7. The van der Waals surface area contributed by atoms with Crippen LogP contribution in [0.25, 0.3) is 10.9 Å². The molecule has 0 saturated carbocycles. The lowest BCUT2D eigenvalue weighted by molar-refractivity contribution is -0.116. The van der Waals surface area contributed by atoms with E-state index in [1.54, 1.807) is 0 Å². The van der Waals surface area contributed by atoms with Crippen molar-refractivity contribution in [2.45, 2.75) is 36.6 Å². The average Bonchev–Trinajstić information content (AvgIpc) is 3.30. The molecule has 8 nitrogen and oxygen atoms in total. The standard InChI is InChI=1S/C22H25N3O5S2/c26-22(7-3-4-16-14-23-21-6-2-1-5-20(16)21)24-17-8-10-19(11-9-17)32(29,30)25-18-12-13-31(27,28)15-18/h1-2,5-6,8-11,14,18,23,25H,3-4,7,12-13,15H2,(H,24,26)/t18-/m1/s1. The topological polar surface area (TPSA) is 125 Å². The number of aromatic nitrogens is 1. The number of aryl methyl sites for hydroxylation is 1. The Morgan fingerprint density at radius 2 is 1.84 bits per heavy atom. The van der Waals surface area contributed by atoms with Crippen molar-refractivity contribution >= 4 is 42.4 Å². The van der Waals surface area contributed by atoms with Crippen LogP contribution in [0.4, 0.5) is 5.69 Å². The minimum Gasteiger partial charge on any atom is -0.361 e. The van der Waals surface area contributed by atoms with Gasteiger partial charge in [0.05, 0.1) is 16.4 Å². The number of sulfone groups is 1. The maximum Gasteiger partial charge on any atom is 0.240 e. The highest BCUT2D eigenvalue weighted by atomic mass is 32.2. The Labute approximate surface area is 187 Å². The number of hydrogen-bond acceptors (Lipinski definition) is 5. The number of para-hydroxylation sites is 1. The van der Waals surface area contributed by atoms with Crippen LogP contribution in [0.5, 0.6) is 0 Å². The Hall–Kier alpha value is -2.69. The molecule has 1 aromatic heterocycles. The van der Waals surface area contributed by atoms with Crippen molar-refractivity contribution in [3.63, 3.8) is 0 Å². The molecule has 32 heavy (non-hydrogen) atoms. The molecular formula is C22H25N3O5S2. The molecular weight excluding hydrogens is 450 g/mol. The van der Waals surface area contributed by atoms with Gasteiger partial charge < -0.3 is 10.3 Å². The molecule has 1 aliphatic rings. The minimum atomic E-state index is -3.83. The Bertz CT molecular complexity index is 1330. The summed E-state index contributed by atoms with van der Waals surface area (Å²) in [4.78, 5) is 15.5. The molecule has 2 aromatic carbocycles. The van der Waals surface area contributed by atoms with Crippen LogP contribution in [-0.4, -0.2) is 45.3 Å². The number of fused-ring (bicyclic) bond motifs is 1. The maximum absolute atomic E-state index is 12.5. The molecule has 1 saturated heterocycles. The molecule has 170 valence electrons. The number of amides is 1. The van der Waals surface area contributed by atoms with E-state index in [0.29, 0.717) is 18.5 Å². The first-order valence-electron chi connectivity index (χ1n) is 10.4. The molecule has 0 bridgehead atoms. The molecule has 1 atom stereocenters. The third-order valence-corrected chi connectivity index (χ3v) is 8.83. The van der Waals surface area contributed by atoms with Crippen LogP contribution in [0.3, 0.4) is 0 Å². The fraction of sp³-hybridized carbons (Fsp3) is 0.318. The van der Waals surface area contributed by atoms with E-state index in [1.807, 2.05) is 24.4 Å². The fourth-order valence-corrected chi connectivity index (χ4v) is 6.94. The van der Waals surface area contributed by atoms with E-state index in [-0.39, 0.29) is 28.7 Å². The van der Waals surface area contributed by atoms with Crippen molar-refractivity contribution in [3.8, 4) is 0 Å². The Kier molecular flexibility index (Phi) is 6.36. The Morgan fingerprint density at radius 3 is 2.56 bits per heavy atom. The maximum atomic E-state index is 12.5. The van der Waals surface area contributed by atoms with Gasteiger partial charge in [-0.2, -0.15) is 0 Å². The first kappa shape index (κ1) is 22.5. The molecule has 0 aliphatic carbocycles. The third-order valence-electron chi connectivity index (χ3n) is 5.53. The Morgan fingerprint density at radius 1 is 1.09 bits per heavy atom. The summed E-state index contributed by atoms with van der Waals surface area (Å²) in [6.45, 7) is 0. The van der Waals surface area contributed by atoms with E-state index in [1.165, 1.54) is 29.8 Å². The SMILES string of the molecule is O=C(CCCc1c[nH]c2ccccc12)Nc1ccc(S(=O)(=O)N[C@@H]2CCS(=O)(=O)C2)cc1. The molecule has 0 radical (unpaired) electrons. The number of carbonyl (C=O) groups is 1. The monoisotopic (exact) mass is 475 g/mol. The molecule has 3 N–H and O–H groups in total. The second-order valence-electron chi connectivity index (χ2n) is 8.01. The second kappa shape index (κ2) is 9.05. The van der Waals surface area contributed by atoms with Crippen LogP contribution >= 0.6 is 0 Å². The molecule has 3 aromatic rings. The molecule has 2 heterocycles. The zero-order valence-corrected chi connectivity index (χ0v) is 19.0. The van der Waals surface area contributed by atoms with Crippen molar-refractivity contribution in [2.75, 3.05) is 16.8 Å². The van der Waals surface area contributed by atoms with Gasteiger partial charge in [-0.15, -0.1) is 0 Å². The third kappa shape index (κ3) is 5.37. The number of rotatable bonds is 8. The largest absolute Gasteiger partial charge is 0.361 e. The van der Waals surface area contributed by atoms with Gasteiger partial charge in [0, 0.05) is 35.2 Å². The predicted octanol–water partition coefficient (Wildman–Crippen LogP) is 2.59. The van der Waals surface area contributed by atoms with Crippen LogP contribution < -0.4 is 10.0 Å². The van der Waals surface area contributed by atoms with Crippen LogP contribution in [0.2, 0.25) is 0 Å². The van der Waals surface area contributed by atoms with Gasteiger partial charge in [0.25, 0.3) is 0 Å². The van der Waals surface area contributed by atoms with E-state index in [4.69, 9.17) is 0 Å². The van der Waals surface area contributed by atoms with Gasteiger partial charge in [0.2, 0.25) is 15.9 Å². The summed E-state index contributed by atoms with van der Waals surface area (Å²) in [5.41, 5.74) is 2.75. The summed E-state index contributed by atoms with van der Waals surface area (Å²) in [6.07, 6.45) is 4.05. The Balaban J connectivity index is 1.28. The predicted molar refractivity (Wildman–Crippen MR) is 124 cm³/mol. The lowest BCUT2D eigenvalue weighted by atomic mass is 10.1. The quantitative estimate of drug-likeness (QED) is 0.462. The van der Waals surface area contributed by atoms with E-state index in [2.05, 4.69) is 21.1 Å². The summed E-state index contributed by atoms with van der Waals surface area (Å²) in [6, 6.07) is 13.3. The van der Waals surface area contributed by atoms with Crippen LogP contribution in [-0.2, 0) is 31.1 Å². The first-order chi connectivity index (χ1) is 15.2. The van der Waals surface area contributed by atoms with Gasteiger partial charge in [-0.3, -0.25) is 4.79 Å². The molecule has 10 heteroatoms. The minimum absolute atomic E-state index is 0.00847. The molecule has 4 rings (SSSR count). The summed E-state index contributed by atoms with van der Waals surface area (Å²) in [5, 5.41) is 3.94. The van der Waals surface area contributed by atoms with Gasteiger partial charge in [-0.05, 0) is 55.2 Å². The van der Waals surface area contributed by atoms with Crippen molar-refractivity contribution in [1.29, 1.82) is 0 Å². The smallest absolute Gasteiger partial charge is 0.240 e. The lowest BCUT2D eigenvalue weighted by Gasteiger charge is -2.12. The summed E-state index contributed by atoms with van der Waals surface area (Å²) >= 11 is 0. The van der Waals surface area contributed by atoms with Gasteiger partial charge in [-0.1, -0.05) is 18.2 Å². The van der Waals surface area contributed by atoms with Crippen molar-refractivity contribution < 1.29 is 21.6 Å². The fourth-order valence-electron chi connectivity index (χ4n) is 3.89. The van der Waals surface area contributed by atoms with Crippen molar-refractivity contribution in [3.05, 3.63) is 60.3 Å². The van der Waals surface area contributed by atoms with Gasteiger partial charge in [0.15, 0.2) is 9.84 Å². The summed E-state index contributed by atoms with van der Waals surface area (Å²) in [5.74, 6) is -0.334. The van der Waals surface area contributed by atoms with Gasteiger partial charge in [-0.25, -0.2) is 21.6 Å². The second-order valence-corrected chi connectivity index (χ2v) is 11.9. The normalized spacial score (nSPS) is 18.1. The summed E-state index contributed by atoms with van der Waals surface area (Å²) in [7, 11) is -7.01. The number of sulfonamides is 1. The number of hydrogen-bond donors (Lipinski definition) is 3. The number of benzene rings is 2. The van der Waals surface area contributed by atoms with Crippen molar-refractivity contribution in [2.24, 2.45) is 0 Å². The van der Waals surface area contributed by atoms with E-state index >= 15 is 0 Å². The average molecular weight is 476 g/mol. The lowest BCUT2D eigenvalue weighted by Crippen LogP contribution is -2.35. The molecule has 1 amide bonds. The van der Waals surface area contributed by atoms with Crippen LogP contribution in [0.1, 0.15) is 24.8 Å². The number of nitrogens with one attached hydrogen (secondary N) is 3. The molecule has 1 aliphatic heterocycles. The van der Waals surface area contributed by atoms with Crippen LogP contribution in [0, 0.1) is 0 Å². The zero-order valence-electron chi connectivity index (χ0n) is 17.4. The van der Waals surface area contributed by atoms with Crippen molar-refractivity contribution in [1.82, 2.24) is 9.71 Å².